The maximum Gasteiger partial charge on any atom is 0.336 e. The number of carboxylic acids is 1. The molecule has 3 aromatic carbocycles. The number of aromatic nitrogens is 1. The second kappa shape index (κ2) is 14.6. The van der Waals surface area contributed by atoms with Crippen molar-refractivity contribution >= 4 is 77.2 Å². The molecule has 1 aliphatic rings. The Balaban J connectivity index is 0.00000187. The molecule has 40 heavy (non-hydrogen) atoms. The number of anilines is 3. The Morgan fingerprint density at radius 3 is 2.25 bits per heavy atom. The van der Waals surface area contributed by atoms with Crippen LogP contribution < -0.4 is 19.9 Å². The smallest absolute Gasteiger partial charge is 0.336 e. The van der Waals surface area contributed by atoms with E-state index in [1.165, 1.54) is 5.69 Å². The molecule has 1 fully saturated rings. The number of carboxylic acid groups (broad SMARTS) is 1. The number of para-hydroxylation sites is 1. The van der Waals surface area contributed by atoms with Crippen LogP contribution in [0.1, 0.15) is 15.9 Å². The van der Waals surface area contributed by atoms with E-state index in [1.54, 1.807) is 30.3 Å². The van der Waals surface area contributed by atoms with Crippen molar-refractivity contribution in [1.82, 2.24) is 4.98 Å². The molecule has 0 bridgehead atoms. The molecule has 4 aromatic rings. The Labute approximate surface area is 251 Å². The molecule has 11 heteroatoms. The summed E-state index contributed by atoms with van der Waals surface area (Å²) >= 11 is 0. The first-order chi connectivity index (χ1) is 18.0. The summed E-state index contributed by atoms with van der Waals surface area (Å²) in [5.41, 5.74) is 3.42. The van der Waals surface area contributed by atoms with E-state index in [2.05, 4.69) is 27.2 Å². The Bertz CT molecular complexity index is 1450. The predicted molar refractivity (Wildman–Crippen MR) is 167 cm³/mol. The summed E-state index contributed by atoms with van der Waals surface area (Å²) in [6, 6.07) is 24.4. The number of carbonyl (C=O) groups excluding carboxylic acids is 1. The van der Waals surface area contributed by atoms with E-state index in [4.69, 9.17) is 9.72 Å². The molecule has 1 aromatic heterocycles. The van der Waals surface area contributed by atoms with Gasteiger partial charge in [-0.15, -0.1) is 37.2 Å². The summed E-state index contributed by atoms with van der Waals surface area (Å²) in [6.07, 6.45) is 0. The minimum atomic E-state index is -1.04. The number of halogens is 3. The standard InChI is InChI=1S/C29H28N4O4.3ClH/c1-20-6-5-9-23(16-20)37-19-28(34)30-21-10-11-26-24(17-21)25(29(35)36)18-27(31-26)33-14-12-32(13-15-33)22-7-3-2-4-8-22;;;/h2-11,16-18H,12-15,19H2,1H3,(H,30,34)(H,35,36);3*1H. The van der Waals surface area contributed by atoms with E-state index < -0.39 is 5.97 Å². The first-order valence-electron chi connectivity index (χ1n) is 12.2. The number of piperazine rings is 1. The van der Waals surface area contributed by atoms with Crippen LogP contribution in [0, 0.1) is 6.92 Å². The van der Waals surface area contributed by atoms with Crippen LogP contribution in [-0.4, -0.2) is 54.8 Å². The summed E-state index contributed by atoms with van der Waals surface area (Å²) < 4.78 is 5.56. The fourth-order valence-corrected chi connectivity index (χ4v) is 4.51. The fraction of sp³-hybridized carbons (Fsp3) is 0.207. The van der Waals surface area contributed by atoms with E-state index >= 15 is 0 Å². The topological polar surface area (TPSA) is 95.0 Å². The molecule has 8 nitrogen and oxygen atoms in total. The maximum atomic E-state index is 12.4. The van der Waals surface area contributed by atoms with Gasteiger partial charge < -0.3 is 25.0 Å². The van der Waals surface area contributed by atoms with Gasteiger partial charge in [0.25, 0.3) is 5.91 Å². The minimum Gasteiger partial charge on any atom is -0.484 e. The van der Waals surface area contributed by atoms with Gasteiger partial charge in [-0.25, -0.2) is 9.78 Å². The predicted octanol–water partition coefficient (Wildman–Crippen LogP) is 5.85. The number of aromatic carboxylic acids is 1. The second-order valence-electron chi connectivity index (χ2n) is 9.03. The van der Waals surface area contributed by atoms with Gasteiger partial charge in [-0.3, -0.25) is 4.79 Å². The van der Waals surface area contributed by atoms with Crippen LogP contribution in [0.2, 0.25) is 0 Å². The van der Waals surface area contributed by atoms with E-state index in [-0.39, 0.29) is 55.3 Å². The average Bonchev–Trinajstić information content (AvgIpc) is 2.92. The van der Waals surface area contributed by atoms with Crippen LogP contribution in [0.5, 0.6) is 5.75 Å². The van der Waals surface area contributed by atoms with E-state index in [0.717, 1.165) is 31.7 Å². The molecule has 0 radical (unpaired) electrons. The number of hydrogen-bond donors (Lipinski definition) is 2. The molecule has 0 saturated carbocycles. The highest BCUT2D eigenvalue weighted by atomic mass is 35.5. The highest BCUT2D eigenvalue weighted by Gasteiger charge is 2.21. The number of amides is 1. The van der Waals surface area contributed by atoms with Crippen LogP contribution in [0.4, 0.5) is 17.2 Å². The lowest BCUT2D eigenvalue weighted by atomic mass is 10.1. The average molecular weight is 606 g/mol. The Morgan fingerprint density at radius 1 is 0.875 bits per heavy atom. The van der Waals surface area contributed by atoms with E-state index in [9.17, 15) is 14.7 Å². The number of carbonyl (C=O) groups is 2. The molecule has 1 aliphatic heterocycles. The highest BCUT2D eigenvalue weighted by molar-refractivity contribution is 6.05. The lowest BCUT2D eigenvalue weighted by Crippen LogP contribution is -2.46. The van der Waals surface area contributed by atoms with Gasteiger partial charge in [-0.2, -0.15) is 0 Å². The molecule has 5 rings (SSSR count). The van der Waals surface area contributed by atoms with Gasteiger partial charge in [0.15, 0.2) is 6.61 Å². The van der Waals surface area contributed by atoms with Crippen molar-refractivity contribution in [2.45, 2.75) is 6.92 Å². The van der Waals surface area contributed by atoms with Gasteiger partial charge in [-0.1, -0.05) is 30.3 Å². The van der Waals surface area contributed by atoms with Gasteiger partial charge >= 0.3 is 5.97 Å². The molecule has 0 unspecified atom stereocenters. The number of hydrogen-bond acceptors (Lipinski definition) is 6. The van der Waals surface area contributed by atoms with Gasteiger partial charge in [-0.05, 0) is 61.0 Å². The number of aryl methyl sites for hydroxylation is 1. The summed E-state index contributed by atoms with van der Waals surface area (Å²) in [7, 11) is 0. The normalized spacial score (nSPS) is 12.4. The van der Waals surface area contributed by atoms with Gasteiger partial charge in [0, 0.05) is 42.9 Å². The third-order valence-corrected chi connectivity index (χ3v) is 6.39. The lowest BCUT2D eigenvalue weighted by molar-refractivity contribution is -0.118. The largest absolute Gasteiger partial charge is 0.484 e. The van der Waals surface area contributed by atoms with Crippen molar-refractivity contribution in [3.63, 3.8) is 0 Å². The van der Waals surface area contributed by atoms with Gasteiger partial charge in [0.2, 0.25) is 0 Å². The number of ether oxygens (including phenoxy) is 1. The van der Waals surface area contributed by atoms with Crippen LogP contribution in [0.3, 0.4) is 0 Å². The summed E-state index contributed by atoms with van der Waals surface area (Å²) in [6.45, 7) is 4.91. The molecular weight excluding hydrogens is 575 g/mol. The third kappa shape index (κ3) is 7.69. The van der Waals surface area contributed by atoms with Crippen LogP contribution >= 0.6 is 37.2 Å². The fourth-order valence-electron chi connectivity index (χ4n) is 4.51. The second-order valence-corrected chi connectivity index (χ2v) is 9.03. The number of rotatable bonds is 7. The number of nitrogens with one attached hydrogen (secondary N) is 1. The molecular formula is C29H31Cl3N4O4. The van der Waals surface area contributed by atoms with Crippen LogP contribution in [-0.2, 0) is 4.79 Å². The molecule has 2 N–H and O–H groups in total. The Kier molecular flexibility index (Phi) is 11.9. The first-order valence-corrected chi connectivity index (χ1v) is 12.2. The van der Waals surface area contributed by atoms with Crippen molar-refractivity contribution in [1.29, 1.82) is 0 Å². The van der Waals surface area contributed by atoms with E-state index in [0.29, 0.717) is 28.2 Å². The lowest BCUT2D eigenvalue weighted by Gasteiger charge is -2.37. The van der Waals surface area contributed by atoms with Crippen molar-refractivity contribution < 1.29 is 19.4 Å². The molecule has 1 amide bonds. The Morgan fingerprint density at radius 2 is 1.57 bits per heavy atom. The van der Waals surface area contributed by atoms with Crippen molar-refractivity contribution in [2.75, 3.05) is 47.9 Å². The highest BCUT2D eigenvalue weighted by Crippen LogP contribution is 2.27. The summed E-state index contributed by atoms with van der Waals surface area (Å²) in [5, 5.41) is 13.2. The number of fused-ring (bicyclic) bond motifs is 1. The van der Waals surface area contributed by atoms with E-state index in [1.807, 2.05) is 43.3 Å². The van der Waals surface area contributed by atoms with Crippen LogP contribution in [0.15, 0.2) is 78.9 Å². The van der Waals surface area contributed by atoms with Crippen LogP contribution in [0.25, 0.3) is 10.9 Å². The van der Waals surface area contributed by atoms with Crippen molar-refractivity contribution in [2.24, 2.45) is 0 Å². The first kappa shape index (κ1) is 32.5. The minimum absolute atomic E-state index is 0. The van der Waals surface area contributed by atoms with Crippen molar-refractivity contribution in [3.05, 3.63) is 90.0 Å². The summed E-state index contributed by atoms with van der Waals surface area (Å²) in [5.74, 6) is -0.120. The quantitative estimate of drug-likeness (QED) is 0.273. The van der Waals surface area contributed by atoms with Gasteiger partial charge in [0.1, 0.15) is 11.6 Å². The zero-order chi connectivity index (χ0) is 25.8. The number of benzene rings is 3. The SMILES string of the molecule is Cc1cccc(OCC(=O)Nc2ccc3nc(N4CCN(c5ccccc5)CC4)cc(C(=O)O)c3c2)c1.Cl.Cl.Cl. The summed E-state index contributed by atoms with van der Waals surface area (Å²) in [4.78, 5) is 33.8. The number of nitrogens with zero attached hydrogens (tertiary/aromatic N) is 3. The molecule has 0 spiro atoms. The molecule has 2 heterocycles. The third-order valence-electron chi connectivity index (χ3n) is 6.39. The monoisotopic (exact) mass is 604 g/mol. The number of pyridine rings is 1. The maximum absolute atomic E-state index is 12.4. The molecule has 0 atom stereocenters. The molecule has 0 aliphatic carbocycles. The zero-order valence-corrected chi connectivity index (χ0v) is 24.2. The Hall–Kier alpha value is -3.72. The molecule has 1 saturated heterocycles. The van der Waals surface area contributed by atoms with Crippen molar-refractivity contribution in [3.8, 4) is 5.75 Å². The van der Waals surface area contributed by atoms with Gasteiger partial charge in [0.05, 0.1) is 11.1 Å². The zero-order valence-electron chi connectivity index (χ0n) is 21.8. The molecule has 212 valence electrons.